The zero-order chi connectivity index (χ0) is 24.0. The first-order chi connectivity index (χ1) is 15.1. The van der Waals surface area contributed by atoms with Crippen molar-refractivity contribution in [3.05, 3.63) is 86.2 Å². The molecule has 0 saturated heterocycles. The Kier molecular flexibility index (Phi) is 15.5. The quantitative estimate of drug-likeness (QED) is 0.297. The number of halogens is 3. The molecular formula is C25H29Br3N2O3. The van der Waals surface area contributed by atoms with Crippen LogP contribution in [0.2, 0.25) is 0 Å². The maximum Gasteiger partial charge on any atom is 0.174 e. The lowest BCUT2D eigenvalue weighted by Crippen LogP contribution is -2.38. The van der Waals surface area contributed by atoms with Crippen molar-refractivity contribution >= 4 is 47.8 Å². The molecule has 3 aromatic carbocycles. The molecule has 0 aliphatic heterocycles. The highest BCUT2D eigenvalue weighted by Gasteiger charge is 2.10. The Bertz CT molecular complexity index is 930. The molecule has 0 fully saturated rings. The van der Waals surface area contributed by atoms with Crippen molar-refractivity contribution < 1.29 is 14.6 Å². The monoisotopic (exact) mass is 642 g/mol. The van der Waals surface area contributed by atoms with Crippen LogP contribution < -0.4 is 15.2 Å². The van der Waals surface area contributed by atoms with E-state index in [9.17, 15) is 0 Å². The van der Waals surface area contributed by atoms with Crippen LogP contribution in [0.4, 0.5) is 0 Å². The van der Waals surface area contributed by atoms with Crippen molar-refractivity contribution in [1.29, 1.82) is 5.26 Å². The zero-order valence-corrected chi connectivity index (χ0v) is 22.5. The molecule has 0 aliphatic rings. The van der Waals surface area contributed by atoms with E-state index < -0.39 is 0 Å². The van der Waals surface area contributed by atoms with E-state index in [0.717, 1.165) is 24.9 Å². The Hall–Kier alpha value is -2.05. The summed E-state index contributed by atoms with van der Waals surface area (Å²) in [7, 11) is 0. The predicted molar refractivity (Wildman–Crippen MR) is 146 cm³/mol. The van der Waals surface area contributed by atoms with E-state index in [1.165, 1.54) is 0 Å². The molecule has 0 bridgehead atoms. The van der Waals surface area contributed by atoms with Gasteiger partial charge in [-0.15, -0.1) is 0 Å². The fraction of sp³-hybridized carbons (Fsp3) is 0.240. The van der Waals surface area contributed by atoms with Gasteiger partial charge in [0, 0.05) is 19.0 Å². The normalized spacial score (nSPS) is 9.61. The topological polar surface area (TPSA) is 88.5 Å². The molecule has 33 heavy (non-hydrogen) atoms. The van der Waals surface area contributed by atoms with Crippen LogP contribution in [0.15, 0.2) is 86.2 Å². The molecule has 0 saturated carbocycles. The average Bonchev–Trinajstić information content (AvgIpc) is 2.75. The Morgan fingerprint density at radius 1 is 0.788 bits per heavy atom. The highest BCUT2D eigenvalue weighted by atomic mass is 79.9. The number of phenols is 1. The Labute approximate surface area is 221 Å². The lowest BCUT2D eigenvalue weighted by Gasteiger charge is -2.18. The highest BCUT2D eigenvalue weighted by Crippen LogP contribution is 2.17. The lowest BCUT2D eigenvalue weighted by molar-refractivity contribution is 0.243. The maximum atomic E-state index is 8.74. The minimum Gasteiger partial charge on any atom is -0.508 e. The van der Waals surface area contributed by atoms with Gasteiger partial charge in [0.05, 0.1) is 0 Å². The largest absolute Gasteiger partial charge is 0.508 e. The predicted octanol–water partition coefficient (Wildman–Crippen LogP) is 7.71. The fourth-order valence-corrected chi connectivity index (χ4v) is 2.68. The third-order valence-corrected chi connectivity index (χ3v) is 4.95. The first kappa shape index (κ1) is 31.0. The van der Waals surface area contributed by atoms with Crippen molar-refractivity contribution in [2.75, 3.05) is 13.2 Å². The molecule has 0 amide bonds. The van der Waals surface area contributed by atoms with Crippen molar-refractivity contribution in [2.24, 2.45) is 5.73 Å². The third kappa shape index (κ3) is 16.2. The molecule has 8 heteroatoms. The van der Waals surface area contributed by atoms with E-state index in [2.05, 4.69) is 47.8 Å². The molecule has 3 N–H and O–H groups in total. The van der Waals surface area contributed by atoms with E-state index in [1.54, 1.807) is 36.4 Å². The van der Waals surface area contributed by atoms with Crippen molar-refractivity contribution in [1.82, 2.24) is 0 Å². The fourth-order valence-electron chi connectivity index (χ4n) is 1.89. The van der Waals surface area contributed by atoms with Gasteiger partial charge in [-0.3, -0.25) is 0 Å². The summed E-state index contributed by atoms with van der Waals surface area (Å²) in [5, 5.41) is 16.9. The molecule has 0 atom stereocenters. The SMILES string of the molecule is C.CC(C)(N)COc1ccc(Br)cc1.N#CCOc1ccc(Br)cc1.Oc1ccc(Br)cc1. The van der Waals surface area contributed by atoms with Gasteiger partial charge in [0.25, 0.3) is 0 Å². The van der Waals surface area contributed by atoms with Gasteiger partial charge in [0.15, 0.2) is 6.61 Å². The standard InChI is InChI=1S/C10H14BrNO.C8H6BrNO.C6H5BrO.CH4/c1-10(2,12)7-13-9-5-3-8(11)4-6-9;9-7-1-3-8(4-2-7)11-6-5-10;7-5-1-3-6(8)4-2-5;/h3-6H,7,12H2,1-2H3;1-4H,6H2;1-4,8H;1H4. The number of aromatic hydroxyl groups is 1. The summed E-state index contributed by atoms with van der Waals surface area (Å²) in [6.07, 6.45) is 0. The van der Waals surface area contributed by atoms with E-state index in [1.807, 2.05) is 56.3 Å². The second kappa shape index (κ2) is 16.5. The Morgan fingerprint density at radius 3 is 1.48 bits per heavy atom. The molecule has 3 aromatic rings. The first-order valence-corrected chi connectivity index (χ1v) is 11.8. The van der Waals surface area contributed by atoms with Crippen molar-refractivity contribution in [3.8, 4) is 23.3 Å². The minimum absolute atomic E-state index is 0. The summed E-state index contributed by atoms with van der Waals surface area (Å²) in [6, 6.07) is 23.8. The second-order valence-electron chi connectivity index (χ2n) is 7.11. The van der Waals surface area contributed by atoms with Crippen LogP contribution in [0.3, 0.4) is 0 Å². The van der Waals surface area contributed by atoms with Crippen LogP contribution >= 0.6 is 47.8 Å². The number of nitrogens with two attached hydrogens (primary N) is 1. The average molecular weight is 645 g/mol. The number of hydrogen-bond acceptors (Lipinski definition) is 5. The van der Waals surface area contributed by atoms with Gasteiger partial charge in [-0.2, -0.15) is 5.26 Å². The van der Waals surface area contributed by atoms with Crippen molar-refractivity contribution in [2.45, 2.75) is 26.8 Å². The van der Waals surface area contributed by atoms with Crippen LogP contribution in [0.25, 0.3) is 0 Å². The summed E-state index contributed by atoms with van der Waals surface area (Å²) in [4.78, 5) is 0. The summed E-state index contributed by atoms with van der Waals surface area (Å²) in [5.74, 6) is 1.87. The van der Waals surface area contributed by atoms with Crippen LogP contribution in [0, 0.1) is 11.3 Å². The lowest BCUT2D eigenvalue weighted by atomic mass is 10.1. The van der Waals surface area contributed by atoms with Crippen LogP contribution in [0.5, 0.6) is 17.2 Å². The summed E-state index contributed by atoms with van der Waals surface area (Å²) >= 11 is 9.88. The summed E-state index contributed by atoms with van der Waals surface area (Å²) in [6.45, 7) is 4.49. The van der Waals surface area contributed by atoms with Crippen LogP contribution in [0.1, 0.15) is 21.3 Å². The summed E-state index contributed by atoms with van der Waals surface area (Å²) < 4.78 is 13.5. The molecule has 3 rings (SSSR count). The number of rotatable bonds is 5. The molecule has 0 aliphatic carbocycles. The number of ether oxygens (including phenoxy) is 2. The number of benzene rings is 3. The highest BCUT2D eigenvalue weighted by molar-refractivity contribution is 9.11. The van der Waals surface area contributed by atoms with Gasteiger partial charge in [-0.05, 0) is 86.6 Å². The molecular weight excluding hydrogens is 616 g/mol. The Morgan fingerprint density at radius 2 is 1.15 bits per heavy atom. The number of hydrogen-bond donors (Lipinski definition) is 2. The molecule has 0 heterocycles. The molecule has 0 aromatic heterocycles. The number of nitriles is 1. The molecule has 178 valence electrons. The van der Waals surface area contributed by atoms with Crippen molar-refractivity contribution in [3.63, 3.8) is 0 Å². The first-order valence-electron chi connectivity index (χ1n) is 9.46. The molecule has 0 radical (unpaired) electrons. The molecule has 5 nitrogen and oxygen atoms in total. The molecule has 0 spiro atoms. The second-order valence-corrected chi connectivity index (χ2v) is 9.86. The van der Waals surface area contributed by atoms with Gasteiger partial charge in [0.1, 0.15) is 29.9 Å². The van der Waals surface area contributed by atoms with Crippen LogP contribution in [-0.2, 0) is 0 Å². The smallest absolute Gasteiger partial charge is 0.174 e. The Balaban J connectivity index is 0.000000470. The molecule has 0 unspecified atom stereocenters. The summed E-state index contributed by atoms with van der Waals surface area (Å²) in [5.41, 5.74) is 5.49. The van der Waals surface area contributed by atoms with Crippen LogP contribution in [-0.4, -0.2) is 23.9 Å². The van der Waals surface area contributed by atoms with E-state index >= 15 is 0 Å². The zero-order valence-electron chi connectivity index (χ0n) is 17.8. The van der Waals surface area contributed by atoms with E-state index in [0.29, 0.717) is 12.4 Å². The van der Waals surface area contributed by atoms with Gasteiger partial charge in [-0.25, -0.2) is 0 Å². The van der Waals surface area contributed by atoms with E-state index in [-0.39, 0.29) is 19.6 Å². The van der Waals surface area contributed by atoms with Gasteiger partial charge in [-0.1, -0.05) is 55.2 Å². The van der Waals surface area contributed by atoms with E-state index in [4.69, 9.17) is 25.6 Å². The third-order valence-electron chi connectivity index (χ3n) is 3.37. The van der Waals surface area contributed by atoms with Gasteiger partial charge < -0.3 is 20.3 Å². The van der Waals surface area contributed by atoms with Gasteiger partial charge in [0.2, 0.25) is 0 Å². The maximum absolute atomic E-state index is 8.74. The number of phenolic OH excluding ortho intramolecular Hbond substituents is 1. The minimum atomic E-state index is -0.285. The number of nitrogens with zero attached hydrogens (tertiary/aromatic N) is 1. The van der Waals surface area contributed by atoms with Gasteiger partial charge >= 0.3 is 0 Å².